The van der Waals surface area contributed by atoms with Gasteiger partial charge < -0.3 is 0 Å². The van der Waals surface area contributed by atoms with Crippen molar-refractivity contribution >= 4 is 21.6 Å². The summed E-state index contributed by atoms with van der Waals surface area (Å²) in [5.74, 6) is 5.48. The van der Waals surface area contributed by atoms with Gasteiger partial charge in [0.15, 0.2) is 0 Å². The van der Waals surface area contributed by atoms with Crippen molar-refractivity contribution in [3.05, 3.63) is 29.3 Å². The Balaban J connectivity index is 2.69. The molecule has 5 heteroatoms. The van der Waals surface area contributed by atoms with E-state index in [0.717, 1.165) is 0 Å². The second-order valence-corrected chi connectivity index (χ2v) is 5.23. The molecule has 1 aromatic carbocycles. The lowest BCUT2D eigenvalue weighted by Crippen LogP contribution is -2.24. The Morgan fingerprint density at radius 2 is 1.94 bits per heavy atom. The molecule has 3 nitrogen and oxygen atoms in total. The number of hydrogen-bond donors (Lipinski definition) is 1. The van der Waals surface area contributed by atoms with E-state index in [2.05, 4.69) is 16.6 Å². The molecular weight excluding hydrogens is 246 g/mol. The van der Waals surface area contributed by atoms with Crippen LogP contribution < -0.4 is 4.72 Å². The van der Waals surface area contributed by atoms with Crippen molar-refractivity contribution in [3.8, 4) is 11.8 Å². The average molecular weight is 258 g/mol. The fraction of sp³-hybridized carbons (Fsp3) is 0.273. The molecule has 0 aliphatic rings. The Morgan fingerprint density at radius 1 is 1.31 bits per heavy atom. The lowest BCUT2D eigenvalue weighted by Gasteiger charge is -2.04. The third kappa shape index (κ3) is 3.86. The highest BCUT2D eigenvalue weighted by Gasteiger charge is 2.12. The number of hydrogen-bond acceptors (Lipinski definition) is 2. The molecule has 0 atom stereocenters. The zero-order valence-electron chi connectivity index (χ0n) is 8.83. The van der Waals surface area contributed by atoms with Crippen LogP contribution in [0.15, 0.2) is 29.2 Å². The Bertz CT molecular complexity index is 497. The average Bonchev–Trinajstić information content (AvgIpc) is 2.25. The number of rotatable bonds is 4. The van der Waals surface area contributed by atoms with Gasteiger partial charge >= 0.3 is 0 Å². The fourth-order valence-electron chi connectivity index (χ4n) is 1.07. The van der Waals surface area contributed by atoms with Gasteiger partial charge in [0.05, 0.1) is 4.90 Å². The maximum atomic E-state index is 11.7. The fourth-order valence-corrected chi connectivity index (χ4v) is 2.23. The van der Waals surface area contributed by atoms with E-state index in [9.17, 15) is 8.42 Å². The van der Waals surface area contributed by atoms with E-state index in [4.69, 9.17) is 11.6 Å². The molecule has 0 radical (unpaired) electrons. The molecule has 0 spiro atoms. The summed E-state index contributed by atoms with van der Waals surface area (Å²) < 4.78 is 25.9. The first-order chi connectivity index (χ1) is 7.56. The number of sulfonamides is 1. The van der Waals surface area contributed by atoms with E-state index in [0.29, 0.717) is 18.0 Å². The van der Waals surface area contributed by atoms with E-state index in [-0.39, 0.29) is 4.90 Å². The van der Waals surface area contributed by atoms with Crippen molar-refractivity contribution < 1.29 is 8.42 Å². The van der Waals surface area contributed by atoms with Crippen LogP contribution in [-0.4, -0.2) is 15.0 Å². The highest BCUT2D eigenvalue weighted by Crippen LogP contribution is 2.13. The highest BCUT2D eigenvalue weighted by molar-refractivity contribution is 7.89. The first-order valence-electron chi connectivity index (χ1n) is 4.71. The molecular formula is C11H12ClNO2S. The van der Waals surface area contributed by atoms with Gasteiger partial charge in [0, 0.05) is 18.0 Å². The molecule has 0 unspecified atom stereocenters. The Labute approximate surface area is 101 Å². The van der Waals surface area contributed by atoms with Crippen LogP contribution in [0.3, 0.4) is 0 Å². The van der Waals surface area contributed by atoms with Crippen LogP contribution in [0.4, 0.5) is 0 Å². The van der Waals surface area contributed by atoms with Crippen LogP contribution >= 0.6 is 11.6 Å². The minimum absolute atomic E-state index is 0.210. The quantitative estimate of drug-likeness (QED) is 0.663. The summed E-state index contributed by atoms with van der Waals surface area (Å²) in [6.45, 7) is 2.03. The van der Waals surface area contributed by atoms with E-state index in [1.807, 2.05) is 0 Å². The molecule has 0 aromatic heterocycles. The Kier molecular flexibility index (Phi) is 4.81. The van der Waals surface area contributed by atoms with E-state index < -0.39 is 10.0 Å². The summed E-state index contributed by atoms with van der Waals surface area (Å²) >= 11 is 5.67. The van der Waals surface area contributed by atoms with Gasteiger partial charge in [0.2, 0.25) is 10.0 Å². The lowest BCUT2D eigenvalue weighted by atomic mass is 10.4. The van der Waals surface area contributed by atoms with E-state index in [1.165, 1.54) is 12.1 Å². The number of nitrogens with one attached hydrogen (secondary N) is 1. The largest absolute Gasteiger partial charge is 0.240 e. The molecule has 0 amide bonds. The summed E-state index contributed by atoms with van der Waals surface area (Å²) in [7, 11) is -3.43. The van der Waals surface area contributed by atoms with Crippen molar-refractivity contribution in [2.24, 2.45) is 0 Å². The van der Waals surface area contributed by atoms with E-state index >= 15 is 0 Å². The van der Waals surface area contributed by atoms with Gasteiger partial charge in [-0.1, -0.05) is 11.6 Å². The zero-order chi connectivity index (χ0) is 12.0. The Hall–Kier alpha value is -1.02. The summed E-state index contributed by atoms with van der Waals surface area (Å²) in [5, 5.41) is 0.510. The smallest absolute Gasteiger partial charge is 0.210 e. The lowest BCUT2D eigenvalue weighted by molar-refractivity contribution is 0.582. The van der Waals surface area contributed by atoms with Gasteiger partial charge in [-0.15, -0.1) is 11.8 Å². The molecule has 0 aliphatic heterocycles. The SMILES string of the molecule is CC#CCCNS(=O)(=O)c1ccc(Cl)cc1. The molecule has 86 valence electrons. The summed E-state index contributed by atoms with van der Waals surface area (Å²) in [4.78, 5) is 0.210. The minimum atomic E-state index is -3.43. The van der Waals surface area contributed by atoms with Crippen LogP contribution in [0, 0.1) is 11.8 Å². The predicted octanol–water partition coefficient (Wildman–Crippen LogP) is 2.03. The predicted molar refractivity (Wildman–Crippen MR) is 64.7 cm³/mol. The minimum Gasteiger partial charge on any atom is -0.210 e. The van der Waals surface area contributed by atoms with Crippen molar-refractivity contribution in [2.75, 3.05) is 6.54 Å². The maximum Gasteiger partial charge on any atom is 0.240 e. The molecule has 0 saturated carbocycles. The molecule has 1 N–H and O–H groups in total. The van der Waals surface area contributed by atoms with Gasteiger partial charge in [-0.25, -0.2) is 13.1 Å². The molecule has 0 heterocycles. The van der Waals surface area contributed by atoms with Crippen molar-refractivity contribution in [3.63, 3.8) is 0 Å². The van der Waals surface area contributed by atoms with Crippen LogP contribution in [0.2, 0.25) is 5.02 Å². The van der Waals surface area contributed by atoms with Crippen LogP contribution in [0.1, 0.15) is 13.3 Å². The van der Waals surface area contributed by atoms with Gasteiger partial charge in [0.1, 0.15) is 0 Å². The number of benzene rings is 1. The topological polar surface area (TPSA) is 46.2 Å². The normalized spacial score (nSPS) is 10.6. The van der Waals surface area contributed by atoms with Gasteiger partial charge in [0.25, 0.3) is 0 Å². The monoisotopic (exact) mass is 257 g/mol. The molecule has 1 aromatic rings. The summed E-state index contributed by atoms with van der Waals surface area (Å²) in [6.07, 6.45) is 0.503. The first-order valence-corrected chi connectivity index (χ1v) is 6.57. The third-order valence-corrected chi connectivity index (χ3v) is 3.57. The van der Waals surface area contributed by atoms with Crippen molar-refractivity contribution in [1.29, 1.82) is 0 Å². The molecule has 1 rings (SSSR count). The van der Waals surface area contributed by atoms with Crippen molar-refractivity contribution in [2.45, 2.75) is 18.2 Å². The van der Waals surface area contributed by atoms with Crippen LogP contribution in [0.5, 0.6) is 0 Å². The molecule has 0 aliphatic carbocycles. The molecule has 0 fully saturated rings. The number of halogens is 1. The van der Waals surface area contributed by atoms with Gasteiger partial charge in [-0.2, -0.15) is 0 Å². The summed E-state index contributed by atoms with van der Waals surface area (Å²) in [6, 6.07) is 6.02. The zero-order valence-corrected chi connectivity index (χ0v) is 10.4. The van der Waals surface area contributed by atoms with Crippen LogP contribution in [0.25, 0.3) is 0 Å². The molecule has 0 bridgehead atoms. The first kappa shape index (κ1) is 13.0. The maximum absolute atomic E-state index is 11.7. The molecule has 0 saturated heterocycles. The van der Waals surface area contributed by atoms with Gasteiger partial charge in [-0.05, 0) is 31.2 Å². The molecule has 16 heavy (non-hydrogen) atoms. The second-order valence-electron chi connectivity index (χ2n) is 3.03. The van der Waals surface area contributed by atoms with E-state index in [1.54, 1.807) is 19.1 Å². The highest BCUT2D eigenvalue weighted by atomic mass is 35.5. The summed E-state index contributed by atoms with van der Waals surface area (Å²) in [5.41, 5.74) is 0. The Morgan fingerprint density at radius 3 is 2.50 bits per heavy atom. The van der Waals surface area contributed by atoms with Gasteiger partial charge in [-0.3, -0.25) is 0 Å². The van der Waals surface area contributed by atoms with Crippen molar-refractivity contribution in [1.82, 2.24) is 4.72 Å². The third-order valence-electron chi connectivity index (χ3n) is 1.84. The van der Waals surface area contributed by atoms with Crippen LogP contribution in [-0.2, 0) is 10.0 Å². The standard InChI is InChI=1S/C11H12ClNO2S/c1-2-3-4-9-13-16(14,15)11-7-5-10(12)6-8-11/h5-8,13H,4,9H2,1H3. The second kappa shape index (κ2) is 5.90.